The Balaban J connectivity index is 2.00. The van der Waals surface area contributed by atoms with Crippen molar-refractivity contribution in [3.63, 3.8) is 0 Å². The molecule has 1 aromatic carbocycles. The highest BCUT2D eigenvalue weighted by Gasteiger charge is 2.27. The molecule has 0 saturated carbocycles. The van der Waals surface area contributed by atoms with E-state index in [-0.39, 0.29) is 0 Å². The molecule has 1 unspecified atom stereocenters. The van der Waals surface area contributed by atoms with Gasteiger partial charge in [0, 0.05) is 6.04 Å². The topological polar surface area (TPSA) is 38.0 Å². The Kier molecular flexibility index (Phi) is 3.75. The number of rotatable bonds is 5. The van der Waals surface area contributed by atoms with Gasteiger partial charge >= 0.3 is 0 Å². The highest BCUT2D eigenvalue weighted by Crippen LogP contribution is 2.29. The van der Waals surface area contributed by atoms with Gasteiger partial charge in [0.2, 0.25) is 0 Å². The number of nitrogens with two attached hydrogens (primary N) is 1. The summed E-state index contributed by atoms with van der Waals surface area (Å²) in [6.07, 6.45) is 6.39. The Morgan fingerprint density at radius 3 is 2.50 bits per heavy atom. The summed E-state index contributed by atoms with van der Waals surface area (Å²) >= 11 is 0. The largest absolute Gasteiger partial charge is 0.271 e. The van der Waals surface area contributed by atoms with Gasteiger partial charge in [-0.3, -0.25) is 11.3 Å². The van der Waals surface area contributed by atoms with Gasteiger partial charge in [-0.05, 0) is 42.7 Å². The lowest BCUT2D eigenvalue weighted by Crippen LogP contribution is -2.41. The Morgan fingerprint density at radius 2 is 2.00 bits per heavy atom. The van der Waals surface area contributed by atoms with Crippen LogP contribution in [0.5, 0.6) is 0 Å². The van der Waals surface area contributed by atoms with E-state index in [1.165, 1.54) is 11.1 Å². The van der Waals surface area contributed by atoms with Crippen molar-refractivity contribution >= 4 is 0 Å². The standard InChI is InChI=1S/C14H20N2/c1-2-3-8-14(16-15)13-9-11-6-4-5-7-12(11)10-13/h2,4-7,13-14,16H,1,3,8-10,15H2. The van der Waals surface area contributed by atoms with Crippen molar-refractivity contribution in [1.82, 2.24) is 5.43 Å². The van der Waals surface area contributed by atoms with Gasteiger partial charge in [0.1, 0.15) is 0 Å². The van der Waals surface area contributed by atoms with Crippen LogP contribution in [0.25, 0.3) is 0 Å². The lowest BCUT2D eigenvalue weighted by atomic mass is 9.93. The second kappa shape index (κ2) is 5.28. The third kappa shape index (κ3) is 2.34. The first-order chi connectivity index (χ1) is 7.85. The molecule has 1 atom stereocenters. The molecule has 0 saturated heterocycles. The lowest BCUT2D eigenvalue weighted by Gasteiger charge is -2.21. The summed E-state index contributed by atoms with van der Waals surface area (Å²) in [6, 6.07) is 9.11. The zero-order chi connectivity index (χ0) is 11.4. The summed E-state index contributed by atoms with van der Waals surface area (Å²) in [5.74, 6) is 6.29. The van der Waals surface area contributed by atoms with E-state index in [1.54, 1.807) is 0 Å². The molecule has 3 N–H and O–H groups in total. The van der Waals surface area contributed by atoms with Crippen LogP contribution < -0.4 is 11.3 Å². The average molecular weight is 216 g/mol. The molecule has 0 aromatic heterocycles. The zero-order valence-corrected chi connectivity index (χ0v) is 9.65. The number of fused-ring (bicyclic) bond motifs is 1. The monoisotopic (exact) mass is 216 g/mol. The van der Waals surface area contributed by atoms with E-state index in [2.05, 4.69) is 36.3 Å². The Morgan fingerprint density at radius 1 is 1.38 bits per heavy atom. The second-order valence-electron chi connectivity index (χ2n) is 4.58. The number of hydrogen-bond acceptors (Lipinski definition) is 2. The van der Waals surface area contributed by atoms with Crippen molar-refractivity contribution in [2.75, 3.05) is 0 Å². The molecule has 0 fully saturated rings. The Bertz CT molecular complexity index is 335. The minimum absolute atomic E-state index is 0.408. The first kappa shape index (κ1) is 11.4. The van der Waals surface area contributed by atoms with E-state index in [0.717, 1.165) is 25.7 Å². The summed E-state index contributed by atoms with van der Waals surface area (Å²) in [7, 11) is 0. The second-order valence-corrected chi connectivity index (χ2v) is 4.58. The van der Waals surface area contributed by atoms with Gasteiger partial charge in [0.15, 0.2) is 0 Å². The predicted octanol–water partition coefficient (Wildman–Crippen LogP) is 2.20. The lowest BCUT2D eigenvalue weighted by molar-refractivity contribution is 0.352. The maximum atomic E-state index is 5.64. The van der Waals surface area contributed by atoms with Gasteiger partial charge in [0.05, 0.1) is 0 Å². The van der Waals surface area contributed by atoms with Crippen molar-refractivity contribution in [2.24, 2.45) is 11.8 Å². The molecule has 1 aromatic rings. The van der Waals surface area contributed by atoms with Crippen LogP contribution in [0.3, 0.4) is 0 Å². The van der Waals surface area contributed by atoms with E-state index in [4.69, 9.17) is 5.84 Å². The third-order valence-electron chi connectivity index (χ3n) is 3.55. The molecule has 2 nitrogen and oxygen atoms in total. The molecule has 0 spiro atoms. The molecule has 0 heterocycles. The number of benzene rings is 1. The van der Waals surface area contributed by atoms with Crippen LogP contribution in [0.4, 0.5) is 0 Å². The van der Waals surface area contributed by atoms with Gasteiger partial charge in [-0.15, -0.1) is 6.58 Å². The van der Waals surface area contributed by atoms with Crippen LogP contribution in [-0.4, -0.2) is 6.04 Å². The fourth-order valence-electron chi connectivity index (χ4n) is 2.63. The molecule has 2 rings (SSSR count). The van der Waals surface area contributed by atoms with Crippen LogP contribution >= 0.6 is 0 Å². The van der Waals surface area contributed by atoms with Crippen LogP contribution in [0.2, 0.25) is 0 Å². The van der Waals surface area contributed by atoms with E-state index in [9.17, 15) is 0 Å². The highest BCUT2D eigenvalue weighted by atomic mass is 15.2. The summed E-state index contributed by atoms with van der Waals surface area (Å²) in [4.78, 5) is 0. The fraction of sp³-hybridized carbons (Fsp3) is 0.429. The molecule has 2 heteroatoms. The highest BCUT2D eigenvalue weighted by molar-refractivity contribution is 5.32. The predicted molar refractivity (Wildman–Crippen MR) is 67.9 cm³/mol. The van der Waals surface area contributed by atoms with Crippen LogP contribution in [0.1, 0.15) is 24.0 Å². The van der Waals surface area contributed by atoms with Crippen LogP contribution in [0.15, 0.2) is 36.9 Å². The van der Waals surface area contributed by atoms with Crippen molar-refractivity contribution < 1.29 is 0 Å². The molecular formula is C14H20N2. The SMILES string of the molecule is C=CCCC(NN)C1Cc2ccccc2C1. The molecule has 1 aliphatic rings. The minimum Gasteiger partial charge on any atom is -0.271 e. The van der Waals surface area contributed by atoms with E-state index in [0.29, 0.717) is 12.0 Å². The molecule has 0 aliphatic heterocycles. The smallest absolute Gasteiger partial charge is 0.0248 e. The maximum Gasteiger partial charge on any atom is 0.0248 e. The third-order valence-corrected chi connectivity index (χ3v) is 3.55. The maximum absolute atomic E-state index is 5.64. The Hall–Kier alpha value is -1.12. The first-order valence-electron chi connectivity index (χ1n) is 5.99. The normalized spacial score (nSPS) is 17.1. The molecule has 86 valence electrons. The number of nitrogens with one attached hydrogen (secondary N) is 1. The molecule has 0 amide bonds. The van der Waals surface area contributed by atoms with E-state index in [1.807, 2.05) is 6.08 Å². The Labute approximate surface area is 97.5 Å². The van der Waals surface area contributed by atoms with E-state index < -0.39 is 0 Å². The van der Waals surface area contributed by atoms with Gasteiger partial charge in [-0.2, -0.15) is 0 Å². The summed E-state index contributed by atoms with van der Waals surface area (Å²) in [6.45, 7) is 3.76. The fourth-order valence-corrected chi connectivity index (χ4v) is 2.63. The molecular weight excluding hydrogens is 196 g/mol. The molecule has 1 aliphatic carbocycles. The average Bonchev–Trinajstić information content (AvgIpc) is 2.73. The molecule has 0 radical (unpaired) electrons. The van der Waals surface area contributed by atoms with Gasteiger partial charge in [-0.1, -0.05) is 30.3 Å². The van der Waals surface area contributed by atoms with Gasteiger partial charge in [-0.25, -0.2) is 0 Å². The van der Waals surface area contributed by atoms with Crippen LogP contribution in [-0.2, 0) is 12.8 Å². The summed E-state index contributed by atoms with van der Waals surface area (Å²) in [5, 5.41) is 0. The zero-order valence-electron chi connectivity index (χ0n) is 9.65. The van der Waals surface area contributed by atoms with Crippen molar-refractivity contribution in [3.8, 4) is 0 Å². The number of allylic oxidation sites excluding steroid dienone is 1. The summed E-state index contributed by atoms with van der Waals surface area (Å²) in [5.41, 5.74) is 5.95. The quantitative estimate of drug-likeness (QED) is 0.450. The van der Waals surface area contributed by atoms with Crippen molar-refractivity contribution in [1.29, 1.82) is 0 Å². The van der Waals surface area contributed by atoms with E-state index >= 15 is 0 Å². The molecule has 0 bridgehead atoms. The van der Waals surface area contributed by atoms with Gasteiger partial charge < -0.3 is 0 Å². The van der Waals surface area contributed by atoms with Crippen molar-refractivity contribution in [2.45, 2.75) is 31.7 Å². The van der Waals surface area contributed by atoms with Gasteiger partial charge in [0.25, 0.3) is 0 Å². The number of hydrogen-bond donors (Lipinski definition) is 2. The first-order valence-corrected chi connectivity index (χ1v) is 5.99. The minimum atomic E-state index is 0.408. The molecule has 16 heavy (non-hydrogen) atoms. The van der Waals surface area contributed by atoms with Crippen LogP contribution in [0, 0.1) is 5.92 Å². The van der Waals surface area contributed by atoms with Crippen molar-refractivity contribution in [3.05, 3.63) is 48.0 Å². The summed E-state index contributed by atoms with van der Waals surface area (Å²) < 4.78 is 0. The number of hydrazine groups is 1.